The molecule has 2 saturated heterocycles. The van der Waals surface area contributed by atoms with Gasteiger partial charge in [-0.15, -0.1) is 0 Å². The predicted molar refractivity (Wildman–Crippen MR) is 155 cm³/mol. The smallest absolute Gasteiger partial charge is 0.295 e. The molecule has 1 amide bonds. The van der Waals surface area contributed by atoms with Crippen molar-refractivity contribution in [1.82, 2.24) is 4.90 Å². The number of likely N-dealkylation sites (tertiary alicyclic amines) is 1. The quantitative estimate of drug-likeness (QED) is 0.237. The number of aliphatic hydroxyl groups excluding tert-OH is 1. The van der Waals surface area contributed by atoms with Gasteiger partial charge in [0.1, 0.15) is 32.1 Å². The van der Waals surface area contributed by atoms with Gasteiger partial charge in [0.25, 0.3) is 11.7 Å². The van der Waals surface area contributed by atoms with Crippen LogP contribution < -0.4 is 23.8 Å². The van der Waals surface area contributed by atoms with Crippen molar-refractivity contribution in [3.05, 3.63) is 53.1 Å². The number of carbonyl (C=O) groups excluding carboxylic acids is 2. The fraction of sp³-hybridized carbons (Fsp3) is 0.500. The zero-order chi connectivity index (χ0) is 29.6. The minimum Gasteiger partial charge on any atom is -0.507 e. The average molecular weight is 582 g/mol. The van der Waals surface area contributed by atoms with E-state index in [1.807, 2.05) is 6.07 Å². The third-order valence-corrected chi connectivity index (χ3v) is 7.94. The number of Topliss-reactive ketones (excluding diaryl/α,β-unsaturated/α-hetero) is 1. The maximum atomic E-state index is 13.6. The number of fused-ring (bicyclic) bond motifs is 1. The molecule has 42 heavy (non-hydrogen) atoms. The molecular formula is C32H41N2O8+. The number of ketones is 1. The Labute approximate surface area is 246 Å². The van der Waals surface area contributed by atoms with Crippen molar-refractivity contribution in [2.45, 2.75) is 32.7 Å². The molecule has 3 aliphatic rings. The summed E-state index contributed by atoms with van der Waals surface area (Å²) in [5.41, 5.74) is 1.06. The van der Waals surface area contributed by atoms with Crippen LogP contribution in [-0.2, 0) is 14.3 Å². The summed E-state index contributed by atoms with van der Waals surface area (Å²) in [4.78, 5) is 30.0. The number of aliphatic hydroxyl groups is 1. The van der Waals surface area contributed by atoms with E-state index in [-0.39, 0.29) is 11.3 Å². The Balaban J connectivity index is 1.49. The van der Waals surface area contributed by atoms with Gasteiger partial charge in [0.15, 0.2) is 23.0 Å². The Morgan fingerprint density at radius 1 is 1.02 bits per heavy atom. The molecule has 0 aromatic heterocycles. The molecule has 3 aliphatic heterocycles. The van der Waals surface area contributed by atoms with Crippen molar-refractivity contribution in [2.24, 2.45) is 5.92 Å². The molecule has 0 bridgehead atoms. The molecule has 0 saturated carbocycles. The third kappa shape index (κ3) is 6.50. The summed E-state index contributed by atoms with van der Waals surface area (Å²) in [6.45, 7) is 10.1. The molecular weight excluding hydrogens is 540 g/mol. The van der Waals surface area contributed by atoms with E-state index in [0.29, 0.717) is 72.8 Å². The van der Waals surface area contributed by atoms with E-state index in [9.17, 15) is 14.7 Å². The minimum absolute atomic E-state index is 0.0333. The fourth-order valence-electron chi connectivity index (χ4n) is 5.59. The first-order chi connectivity index (χ1) is 20.4. The second-order valence-corrected chi connectivity index (χ2v) is 11.3. The van der Waals surface area contributed by atoms with Crippen molar-refractivity contribution in [3.63, 3.8) is 0 Å². The highest BCUT2D eigenvalue weighted by molar-refractivity contribution is 6.46. The van der Waals surface area contributed by atoms with Crippen molar-refractivity contribution in [2.75, 3.05) is 66.3 Å². The van der Waals surface area contributed by atoms with Gasteiger partial charge in [-0.25, -0.2) is 0 Å². The number of hydrogen-bond donors (Lipinski definition) is 2. The summed E-state index contributed by atoms with van der Waals surface area (Å²) in [6, 6.07) is 9.64. The molecule has 2 fully saturated rings. The Hall–Kier alpha value is -3.76. The molecule has 5 rings (SSSR count). The number of hydrogen-bond acceptors (Lipinski definition) is 8. The summed E-state index contributed by atoms with van der Waals surface area (Å²) in [5.74, 6) is 1.02. The zero-order valence-corrected chi connectivity index (χ0v) is 24.6. The SMILES string of the molecule is COc1cc([C@H]2C(=C(O)c3ccc4c(c3)OCCO4)C(=O)C(=O)N2CCC[NH+]2CCOCC2)ccc1OCCC(C)C. The first-order valence-electron chi connectivity index (χ1n) is 14.8. The van der Waals surface area contributed by atoms with Crippen molar-refractivity contribution >= 4 is 17.4 Å². The summed E-state index contributed by atoms with van der Waals surface area (Å²) >= 11 is 0. The van der Waals surface area contributed by atoms with Gasteiger partial charge in [-0.05, 0) is 48.2 Å². The molecule has 2 aromatic carbocycles. The van der Waals surface area contributed by atoms with E-state index >= 15 is 0 Å². The summed E-state index contributed by atoms with van der Waals surface area (Å²) in [7, 11) is 1.56. The van der Waals surface area contributed by atoms with Gasteiger partial charge in [0, 0.05) is 18.5 Å². The molecule has 226 valence electrons. The van der Waals surface area contributed by atoms with Crippen LogP contribution in [0.3, 0.4) is 0 Å². The zero-order valence-electron chi connectivity index (χ0n) is 24.6. The van der Waals surface area contributed by atoms with E-state index in [1.54, 1.807) is 42.3 Å². The lowest BCUT2D eigenvalue weighted by atomic mass is 9.94. The van der Waals surface area contributed by atoms with E-state index in [4.69, 9.17) is 23.7 Å². The molecule has 2 aromatic rings. The number of ether oxygens (including phenoxy) is 5. The second-order valence-electron chi connectivity index (χ2n) is 11.3. The Kier molecular flexibility index (Phi) is 9.54. The number of methoxy groups -OCH3 is 1. The number of carbonyl (C=O) groups is 2. The number of benzene rings is 2. The Bertz CT molecular complexity index is 1320. The highest BCUT2D eigenvalue weighted by Crippen LogP contribution is 2.43. The lowest BCUT2D eigenvalue weighted by molar-refractivity contribution is -0.908. The fourth-order valence-corrected chi connectivity index (χ4v) is 5.59. The molecule has 0 unspecified atom stereocenters. The van der Waals surface area contributed by atoms with Gasteiger partial charge in [-0.2, -0.15) is 0 Å². The molecule has 10 nitrogen and oxygen atoms in total. The molecule has 3 heterocycles. The molecule has 0 spiro atoms. The van der Waals surface area contributed by atoms with E-state index in [2.05, 4.69) is 13.8 Å². The van der Waals surface area contributed by atoms with Crippen molar-refractivity contribution in [3.8, 4) is 23.0 Å². The lowest BCUT2D eigenvalue weighted by Gasteiger charge is -2.28. The van der Waals surface area contributed by atoms with E-state index in [0.717, 1.165) is 39.3 Å². The van der Waals surface area contributed by atoms with Crippen molar-refractivity contribution in [1.29, 1.82) is 0 Å². The van der Waals surface area contributed by atoms with Gasteiger partial charge >= 0.3 is 0 Å². The molecule has 0 radical (unpaired) electrons. The standard InChI is InChI=1S/C32H40N2O8/c1-21(2)9-14-40-24-7-5-22(19-26(24)38-3)29-28(30(35)23-6-8-25-27(20-23)42-18-17-41-25)31(36)32(37)34(29)11-4-10-33-12-15-39-16-13-33/h5-8,19-21,29,35H,4,9-18H2,1-3H3/p+1/t29-/m0/s1. The monoisotopic (exact) mass is 581 g/mol. The largest absolute Gasteiger partial charge is 0.507 e. The van der Waals surface area contributed by atoms with Crippen molar-refractivity contribution < 1.29 is 43.3 Å². The lowest BCUT2D eigenvalue weighted by Crippen LogP contribution is -3.14. The maximum absolute atomic E-state index is 13.6. The molecule has 2 N–H and O–H groups in total. The van der Waals surface area contributed by atoms with Crippen LogP contribution in [0.1, 0.15) is 43.9 Å². The van der Waals surface area contributed by atoms with Crippen LogP contribution in [0.25, 0.3) is 5.76 Å². The Morgan fingerprint density at radius 2 is 1.79 bits per heavy atom. The number of amides is 1. The first kappa shape index (κ1) is 29.7. The van der Waals surface area contributed by atoms with Crippen LogP contribution in [-0.4, -0.2) is 88.0 Å². The van der Waals surface area contributed by atoms with Crippen LogP contribution in [0.5, 0.6) is 23.0 Å². The normalized spacial score (nSPS) is 20.3. The van der Waals surface area contributed by atoms with Crippen LogP contribution in [0.2, 0.25) is 0 Å². The number of morpholine rings is 1. The van der Waals surface area contributed by atoms with E-state index < -0.39 is 17.7 Å². The van der Waals surface area contributed by atoms with Crippen LogP contribution in [0.15, 0.2) is 42.0 Å². The minimum atomic E-state index is -0.795. The van der Waals surface area contributed by atoms with Gasteiger partial charge in [-0.3, -0.25) is 9.59 Å². The van der Waals surface area contributed by atoms with Gasteiger partial charge in [0.05, 0.1) is 45.1 Å². The highest BCUT2D eigenvalue weighted by atomic mass is 16.6. The topological polar surface area (TPSA) is 108 Å². The van der Waals surface area contributed by atoms with Gasteiger partial charge in [-0.1, -0.05) is 19.9 Å². The van der Waals surface area contributed by atoms with Crippen LogP contribution in [0.4, 0.5) is 0 Å². The summed E-state index contributed by atoms with van der Waals surface area (Å²) in [6.07, 6.45) is 1.60. The van der Waals surface area contributed by atoms with Crippen LogP contribution >= 0.6 is 0 Å². The number of nitrogens with zero attached hydrogens (tertiary/aromatic N) is 1. The van der Waals surface area contributed by atoms with Gasteiger partial charge in [0.2, 0.25) is 0 Å². The van der Waals surface area contributed by atoms with E-state index in [1.165, 1.54) is 4.90 Å². The molecule has 1 atom stereocenters. The van der Waals surface area contributed by atoms with Crippen LogP contribution in [0, 0.1) is 5.92 Å². The maximum Gasteiger partial charge on any atom is 0.295 e. The predicted octanol–water partition coefficient (Wildman–Crippen LogP) is 2.62. The van der Waals surface area contributed by atoms with Gasteiger partial charge < -0.3 is 38.6 Å². The highest BCUT2D eigenvalue weighted by Gasteiger charge is 2.46. The summed E-state index contributed by atoms with van der Waals surface area (Å²) in [5, 5.41) is 11.5. The first-order valence-corrected chi connectivity index (χ1v) is 14.8. The molecule has 0 aliphatic carbocycles. The number of nitrogens with one attached hydrogen (secondary N) is 1. The number of quaternary nitrogens is 1. The summed E-state index contributed by atoms with van der Waals surface area (Å²) < 4.78 is 28.4. The number of rotatable bonds is 11. The molecule has 10 heteroatoms. The second kappa shape index (κ2) is 13.5. The third-order valence-electron chi connectivity index (χ3n) is 7.94. The average Bonchev–Trinajstić information content (AvgIpc) is 3.26. The Morgan fingerprint density at radius 3 is 2.52 bits per heavy atom.